The minimum atomic E-state index is -0.368. The first-order valence-corrected chi connectivity index (χ1v) is 9.30. The Labute approximate surface area is 167 Å². The number of nitrogens with one attached hydrogen (secondary N) is 1. The van der Waals surface area contributed by atoms with E-state index in [1.165, 1.54) is 6.21 Å². The summed E-state index contributed by atoms with van der Waals surface area (Å²) in [5.41, 5.74) is 0.972. The van der Waals surface area contributed by atoms with Gasteiger partial charge in [0, 0.05) is 30.1 Å². The molecule has 0 atom stereocenters. The van der Waals surface area contributed by atoms with Crippen molar-refractivity contribution in [3.8, 4) is 5.88 Å². The highest BCUT2D eigenvalue weighted by molar-refractivity contribution is 6.34. The van der Waals surface area contributed by atoms with Crippen molar-refractivity contribution in [3.63, 3.8) is 0 Å². The van der Waals surface area contributed by atoms with Crippen molar-refractivity contribution >= 4 is 40.2 Å². The molecule has 0 aliphatic carbocycles. The number of aromatic nitrogens is 1. The van der Waals surface area contributed by atoms with Crippen molar-refractivity contribution in [3.05, 3.63) is 69.0 Å². The number of aromatic hydroxyl groups is 1. The number of rotatable bonds is 5. The van der Waals surface area contributed by atoms with Gasteiger partial charge in [-0.3, -0.25) is 19.6 Å². The lowest BCUT2D eigenvalue weighted by Gasteiger charge is -2.19. The van der Waals surface area contributed by atoms with Crippen LogP contribution in [0.4, 0.5) is 5.69 Å². The Morgan fingerprint density at radius 3 is 2.50 bits per heavy atom. The van der Waals surface area contributed by atoms with E-state index in [1.54, 1.807) is 47.4 Å². The van der Waals surface area contributed by atoms with Gasteiger partial charge in [0.1, 0.15) is 0 Å². The third kappa shape index (κ3) is 3.77. The summed E-state index contributed by atoms with van der Waals surface area (Å²) in [6.45, 7) is 5.03. The molecule has 3 rings (SSSR count). The van der Waals surface area contributed by atoms with E-state index in [9.17, 15) is 14.7 Å². The van der Waals surface area contributed by atoms with Crippen LogP contribution in [0, 0.1) is 0 Å². The number of halogens is 1. The Bertz CT molecular complexity index is 1120. The van der Waals surface area contributed by atoms with Gasteiger partial charge in [-0.05, 0) is 38.1 Å². The molecule has 0 aliphatic rings. The normalized spacial score (nSPS) is 11.2. The van der Waals surface area contributed by atoms with E-state index in [0.717, 1.165) is 0 Å². The van der Waals surface area contributed by atoms with E-state index in [1.807, 2.05) is 13.8 Å². The number of hydrogen-bond donors (Lipinski definition) is 2. The summed E-state index contributed by atoms with van der Waals surface area (Å²) in [4.78, 5) is 32.9. The maximum absolute atomic E-state index is 12.5. The summed E-state index contributed by atoms with van der Waals surface area (Å²) in [5.74, 6) is -0.387. The second-order valence-electron chi connectivity index (χ2n) is 6.16. The van der Waals surface area contributed by atoms with E-state index in [-0.39, 0.29) is 17.3 Å². The van der Waals surface area contributed by atoms with E-state index < -0.39 is 0 Å². The first-order chi connectivity index (χ1) is 13.5. The van der Waals surface area contributed by atoms with Crippen LogP contribution in [-0.4, -0.2) is 40.2 Å². The highest BCUT2D eigenvalue weighted by Crippen LogP contribution is 2.26. The minimum Gasteiger partial charge on any atom is -0.494 e. The van der Waals surface area contributed by atoms with Gasteiger partial charge in [0.15, 0.2) is 0 Å². The van der Waals surface area contributed by atoms with E-state index in [4.69, 9.17) is 11.6 Å². The lowest BCUT2D eigenvalue weighted by molar-refractivity contribution is 0.0773. The molecule has 1 heterocycles. The number of H-pyrrole nitrogens is 1. The SMILES string of the molecule is CCN(CC)C(=O)c1ccc(N=Cc2c(O)[nH]c(=O)c3ccccc23)cc1Cl. The highest BCUT2D eigenvalue weighted by Gasteiger charge is 2.16. The standard InChI is InChI=1S/C21H20ClN3O3/c1-3-25(4-2)21(28)16-10-9-13(11-18(16)22)23-12-17-14-7-5-6-8-15(14)19(26)24-20(17)27/h5-12H,3-4H2,1-2H3,(H2,24,26,27). The predicted octanol–water partition coefficient (Wildman–Crippen LogP) is 4.12. The van der Waals surface area contributed by atoms with Gasteiger partial charge < -0.3 is 10.0 Å². The van der Waals surface area contributed by atoms with Gasteiger partial charge in [-0.2, -0.15) is 0 Å². The number of carbonyl (C=O) groups is 1. The third-order valence-electron chi connectivity index (χ3n) is 4.53. The molecule has 0 spiro atoms. The van der Waals surface area contributed by atoms with Crippen LogP contribution >= 0.6 is 11.6 Å². The molecule has 0 radical (unpaired) electrons. The van der Waals surface area contributed by atoms with Crippen molar-refractivity contribution in [2.45, 2.75) is 13.8 Å². The first kappa shape index (κ1) is 19.6. The molecule has 1 aromatic heterocycles. The maximum Gasteiger partial charge on any atom is 0.258 e. The molecule has 0 bridgehead atoms. The number of carbonyl (C=O) groups excluding carboxylic acids is 1. The number of aromatic amines is 1. The predicted molar refractivity (Wildman–Crippen MR) is 112 cm³/mol. The molecule has 7 heteroatoms. The van der Waals surface area contributed by atoms with Crippen molar-refractivity contribution in [1.29, 1.82) is 0 Å². The maximum atomic E-state index is 12.5. The van der Waals surface area contributed by atoms with Gasteiger partial charge in [-0.15, -0.1) is 0 Å². The lowest BCUT2D eigenvalue weighted by Crippen LogP contribution is -2.30. The van der Waals surface area contributed by atoms with Crippen LogP contribution in [0.3, 0.4) is 0 Å². The Kier molecular flexibility index (Phi) is 5.80. The molecule has 0 unspecified atom stereocenters. The van der Waals surface area contributed by atoms with Gasteiger partial charge in [0.05, 0.1) is 21.8 Å². The molecule has 3 aromatic rings. The summed E-state index contributed by atoms with van der Waals surface area (Å²) in [6, 6.07) is 11.9. The average molecular weight is 398 g/mol. The van der Waals surface area contributed by atoms with Gasteiger partial charge in [-0.1, -0.05) is 29.8 Å². The highest BCUT2D eigenvalue weighted by atomic mass is 35.5. The minimum absolute atomic E-state index is 0.130. The van der Waals surface area contributed by atoms with Crippen LogP contribution in [0.2, 0.25) is 5.02 Å². The molecule has 0 saturated heterocycles. The average Bonchev–Trinajstić information content (AvgIpc) is 2.68. The summed E-state index contributed by atoms with van der Waals surface area (Å²) in [5, 5.41) is 11.5. The number of amides is 1. The quantitative estimate of drug-likeness (QED) is 0.635. The number of aliphatic imine (C=N–C) groups is 1. The van der Waals surface area contributed by atoms with Gasteiger partial charge >= 0.3 is 0 Å². The van der Waals surface area contributed by atoms with Gasteiger partial charge in [0.2, 0.25) is 5.88 Å². The number of nitrogens with zero attached hydrogens (tertiary/aromatic N) is 2. The number of hydrogen-bond acceptors (Lipinski definition) is 4. The Hall–Kier alpha value is -3.12. The zero-order chi connectivity index (χ0) is 20.3. The summed E-state index contributed by atoms with van der Waals surface area (Å²) >= 11 is 6.29. The van der Waals surface area contributed by atoms with E-state index in [0.29, 0.717) is 45.7 Å². The summed E-state index contributed by atoms with van der Waals surface area (Å²) in [7, 11) is 0. The van der Waals surface area contributed by atoms with Crippen molar-refractivity contribution < 1.29 is 9.90 Å². The van der Waals surface area contributed by atoms with Gasteiger partial charge in [0.25, 0.3) is 11.5 Å². The summed E-state index contributed by atoms with van der Waals surface area (Å²) < 4.78 is 0. The van der Waals surface area contributed by atoms with Crippen LogP contribution in [-0.2, 0) is 0 Å². The molecule has 0 fully saturated rings. The molecule has 2 aromatic carbocycles. The number of benzene rings is 2. The van der Waals surface area contributed by atoms with Crippen molar-refractivity contribution in [2.75, 3.05) is 13.1 Å². The largest absolute Gasteiger partial charge is 0.494 e. The molecule has 6 nitrogen and oxygen atoms in total. The molecule has 1 amide bonds. The van der Waals surface area contributed by atoms with Crippen molar-refractivity contribution in [1.82, 2.24) is 9.88 Å². The second-order valence-corrected chi connectivity index (χ2v) is 6.57. The summed E-state index contributed by atoms with van der Waals surface area (Å²) in [6.07, 6.45) is 1.46. The zero-order valence-electron chi connectivity index (χ0n) is 15.6. The van der Waals surface area contributed by atoms with E-state index in [2.05, 4.69) is 9.98 Å². The first-order valence-electron chi connectivity index (χ1n) is 8.93. The Balaban J connectivity index is 1.96. The smallest absolute Gasteiger partial charge is 0.258 e. The van der Waals surface area contributed by atoms with Crippen LogP contribution < -0.4 is 5.56 Å². The van der Waals surface area contributed by atoms with Crippen LogP contribution in [0.1, 0.15) is 29.8 Å². The van der Waals surface area contributed by atoms with Crippen LogP contribution in [0.25, 0.3) is 10.8 Å². The zero-order valence-corrected chi connectivity index (χ0v) is 16.3. The number of fused-ring (bicyclic) bond motifs is 1. The third-order valence-corrected chi connectivity index (χ3v) is 4.84. The molecular weight excluding hydrogens is 378 g/mol. The second kappa shape index (κ2) is 8.27. The Morgan fingerprint density at radius 2 is 1.86 bits per heavy atom. The molecule has 0 aliphatic heterocycles. The fourth-order valence-corrected chi connectivity index (χ4v) is 3.25. The van der Waals surface area contributed by atoms with Crippen molar-refractivity contribution in [2.24, 2.45) is 4.99 Å². The van der Waals surface area contributed by atoms with Crippen LogP contribution in [0.5, 0.6) is 5.88 Å². The molecule has 28 heavy (non-hydrogen) atoms. The number of pyridine rings is 1. The molecule has 144 valence electrons. The van der Waals surface area contributed by atoms with Gasteiger partial charge in [-0.25, -0.2) is 0 Å². The fourth-order valence-electron chi connectivity index (χ4n) is 2.99. The van der Waals surface area contributed by atoms with E-state index >= 15 is 0 Å². The Morgan fingerprint density at radius 1 is 1.18 bits per heavy atom. The topological polar surface area (TPSA) is 85.8 Å². The molecular formula is C21H20ClN3O3. The lowest BCUT2D eigenvalue weighted by atomic mass is 10.1. The van der Waals surface area contributed by atoms with Crippen LogP contribution in [0.15, 0.2) is 52.3 Å². The molecule has 2 N–H and O–H groups in total. The molecule has 0 saturated carbocycles. The monoisotopic (exact) mass is 397 g/mol. The fraction of sp³-hybridized carbons (Fsp3) is 0.190.